The average Bonchev–Trinajstić information content (AvgIpc) is 3.37. The summed E-state index contributed by atoms with van der Waals surface area (Å²) < 4.78 is 95.3. The number of nitrogens with zero attached hydrogens (tertiary/aromatic N) is 6. The second-order valence-electron chi connectivity index (χ2n) is 11.5. The first-order valence-corrected chi connectivity index (χ1v) is 17.3. The van der Waals surface area contributed by atoms with E-state index >= 15 is 0 Å². The standard InChI is InChI=1S/C33H24ClF4N7O7S/c1-15(46)45(53(3,49)50)31-27-21(34)6-7-23(28(27)43(2)42-31)44-30(25(52-33(39)48)12-16-10-18(36)13-19(37)11-16)41-29-20(32(44)47)5-9-26(40-29)51-24-8-4-17(35)14-22(24)38/h4-11,13-14,25H,12H2,1-3H3,(H2,39,48)/t25-/m0/s1. The van der Waals surface area contributed by atoms with Gasteiger partial charge in [0.05, 0.1) is 33.3 Å². The normalized spacial score (nSPS) is 12.2. The second kappa shape index (κ2) is 13.8. The number of carbonyl (C=O) groups excluding carboxylic acids is 2. The monoisotopic (exact) mass is 773 g/mol. The maximum absolute atomic E-state index is 14.5. The van der Waals surface area contributed by atoms with E-state index in [1.54, 1.807) is 0 Å². The summed E-state index contributed by atoms with van der Waals surface area (Å²) in [6, 6.07) is 10.1. The first kappa shape index (κ1) is 36.7. The van der Waals surface area contributed by atoms with E-state index in [2.05, 4.69) is 15.1 Å². The molecule has 0 spiro atoms. The number of sulfonamides is 1. The molecule has 0 saturated carbocycles. The van der Waals surface area contributed by atoms with E-state index in [-0.39, 0.29) is 44.1 Å². The van der Waals surface area contributed by atoms with E-state index in [4.69, 9.17) is 26.8 Å². The molecule has 0 aliphatic rings. The van der Waals surface area contributed by atoms with Gasteiger partial charge >= 0.3 is 6.09 Å². The molecular formula is C33H24ClF4N7O7S. The van der Waals surface area contributed by atoms with Gasteiger partial charge in [-0.1, -0.05) is 11.6 Å². The Morgan fingerprint density at radius 2 is 1.68 bits per heavy atom. The number of rotatable bonds is 9. The van der Waals surface area contributed by atoms with Gasteiger partial charge in [0.2, 0.25) is 21.8 Å². The predicted octanol–water partition coefficient (Wildman–Crippen LogP) is 5.36. The zero-order valence-corrected chi connectivity index (χ0v) is 29.0. The number of ether oxygens (including phenoxy) is 2. The molecule has 1 atom stereocenters. The Morgan fingerprint density at radius 3 is 2.30 bits per heavy atom. The van der Waals surface area contributed by atoms with Crippen molar-refractivity contribution < 1.29 is 45.0 Å². The number of carbonyl (C=O) groups is 2. The highest BCUT2D eigenvalue weighted by Gasteiger charge is 2.32. The zero-order valence-electron chi connectivity index (χ0n) is 27.5. The summed E-state index contributed by atoms with van der Waals surface area (Å²) in [6.45, 7) is 0.992. The van der Waals surface area contributed by atoms with Crippen molar-refractivity contribution in [2.24, 2.45) is 12.8 Å². The van der Waals surface area contributed by atoms with Crippen molar-refractivity contribution in [2.75, 3.05) is 10.6 Å². The first-order valence-electron chi connectivity index (χ1n) is 15.1. The van der Waals surface area contributed by atoms with Crippen LogP contribution >= 0.6 is 11.6 Å². The molecule has 0 radical (unpaired) electrons. The minimum atomic E-state index is -4.26. The molecule has 274 valence electrons. The smallest absolute Gasteiger partial charge is 0.405 e. The van der Waals surface area contributed by atoms with Crippen LogP contribution in [-0.2, 0) is 33.0 Å². The molecule has 20 heteroatoms. The summed E-state index contributed by atoms with van der Waals surface area (Å²) >= 11 is 6.56. The van der Waals surface area contributed by atoms with Crippen molar-refractivity contribution in [3.63, 3.8) is 0 Å². The summed E-state index contributed by atoms with van der Waals surface area (Å²) in [5.74, 6) is -6.34. The van der Waals surface area contributed by atoms with Gasteiger partial charge in [-0.05, 0) is 48.0 Å². The number of amides is 2. The molecule has 6 aromatic rings. The fourth-order valence-electron chi connectivity index (χ4n) is 5.71. The fraction of sp³-hybridized carbons (Fsp3) is 0.152. The Bertz CT molecular complexity index is 2650. The van der Waals surface area contributed by atoms with E-state index in [1.807, 2.05) is 0 Å². The van der Waals surface area contributed by atoms with Crippen LogP contribution in [0.15, 0.2) is 65.5 Å². The molecule has 0 bridgehead atoms. The third-order valence-electron chi connectivity index (χ3n) is 7.68. The summed E-state index contributed by atoms with van der Waals surface area (Å²) in [4.78, 5) is 48.1. The van der Waals surface area contributed by atoms with Gasteiger partial charge in [0.25, 0.3) is 5.56 Å². The summed E-state index contributed by atoms with van der Waals surface area (Å²) in [7, 11) is -2.89. The van der Waals surface area contributed by atoms with Gasteiger partial charge in [-0.15, -0.1) is 0 Å². The van der Waals surface area contributed by atoms with Crippen molar-refractivity contribution in [1.82, 2.24) is 24.3 Å². The van der Waals surface area contributed by atoms with Crippen LogP contribution in [0.4, 0.5) is 28.2 Å². The SMILES string of the molecule is CC(=O)N(c1nn(C)c2c(-n3c([C@H](Cc4cc(F)cc(F)c4)OC(N)=O)nc4nc(Oc5ccc(F)cc5F)ccc4c3=O)ccc(Cl)c12)S(C)(=O)=O. The fourth-order valence-corrected chi connectivity index (χ4v) is 6.86. The predicted molar refractivity (Wildman–Crippen MR) is 182 cm³/mol. The number of aryl methyl sites for hydroxylation is 1. The minimum Gasteiger partial charge on any atom is -0.438 e. The highest BCUT2D eigenvalue weighted by molar-refractivity contribution is 7.92. The third kappa shape index (κ3) is 7.20. The van der Waals surface area contributed by atoms with E-state index in [1.165, 1.54) is 31.3 Å². The van der Waals surface area contributed by atoms with Gasteiger partial charge in [0, 0.05) is 38.6 Å². The lowest BCUT2D eigenvalue weighted by Crippen LogP contribution is -2.34. The lowest BCUT2D eigenvalue weighted by Gasteiger charge is -2.22. The summed E-state index contributed by atoms with van der Waals surface area (Å²) in [5, 5.41) is 3.88. The van der Waals surface area contributed by atoms with Gasteiger partial charge < -0.3 is 15.2 Å². The van der Waals surface area contributed by atoms with Crippen LogP contribution in [0.3, 0.4) is 0 Å². The molecule has 3 heterocycles. The van der Waals surface area contributed by atoms with E-state index in [0.717, 1.165) is 46.7 Å². The topological polar surface area (TPSA) is 182 Å². The largest absolute Gasteiger partial charge is 0.438 e. The Hall–Kier alpha value is -6.08. The number of halogens is 5. The molecule has 0 aliphatic carbocycles. The number of benzene rings is 3. The molecule has 14 nitrogen and oxygen atoms in total. The van der Waals surface area contributed by atoms with E-state index in [9.17, 15) is 40.4 Å². The molecule has 0 saturated heterocycles. The molecule has 0 unspecified atom stereocenters. The van der Waals surface area contributed by atoms with Gasteiger partial charge in [0.15, 0.2) is 35.0 Å². The quantitative estimate of drug-likeness (QED) is 0.188. The number of primary amides is 1. The molecule has 3 aromatic carbocycles. The highest BCUT2D eigenvalue weighted by Crippen LogP contribution is 2.38. The van der Waals surface area contributed by atoms with Crippen LogP contribution in [0.5, 0.6) is 11.6 Å². The Labute approximate surface area is 301 Å². The molecule has 0 fully saturated rings. The van der Waals surface area contributed by atoms with Gasteiger partial charge in [-0.3, -0.25) is 18.8 Å². The van der Waals surface area contributed by atoms with Crippen molar-refractivity contribution in [3.05, 3.63) is 111 Å². The van der Waals surface area contributed by atoms with E-state index in [0.29, 0.717) is 16.4 Å². The van der Waals surface area contributed by atoms with E-state index < -0.39 is 80.8 Å². The lowest BCUT2D eigenvalue weighted by atomic mass is 10.1. The number of anilines is 1. The molecule has 0 aliphatic heterocycles. The number of fused-ring (bicyclic) bond motifs is 2. The first-order chi connectivity index (χ1) is 24.9. The van der Waals surface area contributed by atoms with Crippen LogP contribution in [0.2, 0.25) is 5.02 Å². The number of pyridine rings is 1. The molecular weight excluding hydrogens is 750 g/mol. The average molecular weight is 774 g/mol. The van der Waals surface area contributed by atoms with Crippen LogP contribution in [0.25, 0.3) is 27.6 Å². The van der Waals surface area contributed by atoms with Gasteiger partial charge in [0.1, 0.15) is 17.5 Å². The maximum Gasteiger partial charge on any atom is 0.405 e. The minimum absolute atomic E-state index is 0.0128. The Kier molecular flexibility index (Phi) is 9.56. The number of aromatic nitrogens is 5. The third-order valence-corrected chi connectivity index (χ3v) is 9.09. The van der Waals surface area contributed by atoms with Crippen LogP contribution in [-0.4, -0.2) is 51.0 Å². The highest BCUT2D eigenvalue weighted by atomic mass is 35.5. The van der Waals surface area contributed by atoms with Gasteiger partial charge in [-0.25, -0.2) is 35.8 Å². The molecule has 2 N–H and O–H groups in total. The number of hydrogen-bond acceptors (Lipinski definition) is 10. The number of nitrogens with two attached hydrogens (primary N) is 1. The van der Waals surface area contributed by atoms with Crippen LogP contribution in [0.1, 0.15) is 24.4 Å². The maximum atomic E-state index is 14.5. The number of hydrogen-bond donors (Lipinski definition) is 1. The molecule has 6 rings (SSSR count). The molecule has 2 amide bonds. The van der Waals surface area contributed by atoms with Crippen molar-refractivity contribution in [1.29, 1.82) is 0 Å². The van der Waals surface area contributed by atoms with Crippen molar-refractivity contribution in [3.8, 4) is 17.3 Å². The Morgan fingerprint density at radius 1 is 0.981 bits per heavy atom. The summed E-state index contributed by atoms with van der Waals surface area (Å²) in [5.41, 5.74) is 4.02. The summed E-state index contributed by atoms with van der Waals surface area (Å²) in [6.07, 6.45) is -2.78. The molecule has 3 aromatic heterocycles. The second-order valence-corrected chi connectivity index (χ2v) is 13.7. The van der Waals surface area contributed by atoms with Crippen LogP contribution in [0, 0.1) is 23.3 Å². The lowest BCUT2D eigenvalue weighted by molar-refractivity contribution is -0.115. The Balaban J connectivity index is 1.66. The zero-order chi connectivity index (χ0) is 38.5. The molecule has 53 heavy (non-hydrogen) atoms. The van der Waals surface area contributed by atoms with Crippen molar-refractivity contribution in [2.45, 2.75) is 19.4 Å². The van der Waals surface area contributed by atoms with Crippen LogP contribution < -0.4 is 20.3 Å². The van der Waals surface area contributed by atoms with Gasteiger partial charge in [-0.2, -0.15) is 14.4 Å². The van der Waals surface area contributed by atoms with Crippen molar-refractivity contribution >= 4 is 61.4 Å².